The third-order valence-electron chi connectivity index (χ3n) is 4.00. The molecule has 0 saturated carbocycles. The molecule has 6 nitrogen and oxygen atoms in total. The molecule has 1 heterocycles. The Morgan fingerprint density at radius 1 is 1.17 bits per heavy atom. The summed E-state index contributed by atoms with van der Waals surface area (Å²) < 4.78 is 70.0. The summed E-state index contributed by atoms with van der Waals surface area (Å²) in [6, 6.07) is 10.1. The number of hydrogen-bond acceptors (Lipinski definition) is 5. The minimum absolute atomic E-state index is 0.0540. The standard InChI is InChI=1S/C18H14BrF3N2O4S/c19-12-8-9-13-16(10-12)29(26,27)24-17(23-13)14(25)6-3-5-11-4-1-2-7-15(11)28-18(20,21)22/h1-2,4,7-10H,3,5-6H2,(H,23,24). The van der Waals surface area contributed by atoms with Gasteiger partial charge >= 0.3 is 6.36 Å². The third-order valence-corrected chi connectivity index (χ3v) is 5.81. The van der Waals surface area contributed by atoms with Crippen molar-refractivity contribution in [2.45, 2.75) is 30.5 Å². The first-order chi connectivity index (χ1) is 13.5. The number of ketones is 1. The zero-order chi connectivity index (χ0) is 21.2. The Morgan fingerprint density at radius 3 is 2.62 bits per heavy atom. The Labute approximate surface area is 173 Å². The number of anilines is 1. The van der Waals surface area contributed by atoms with Crippen LogP contribution in [0.1, 0.15) is 18.4 Å². The van der Waals surface area contributed by atoms with E-state index in [0.717, 1.165) is 0 Å². The fourth-order valence-corrected chi connectivity index (χ4v) is 4.42. The second-order valence-electron chi connectivity index (χ2n) is 6.11. The highest BCUT2D eigenvalue weighted by molar-refractivity contribution is 9.10. The van der Waals surface area contributed by atoms with Gasteiger partial charge in [-0.05, 0) is 42.7 Å². The molecule has 0 fully saturated rings. The Hall–Kier alpha value is -2.40. The van der Waals surface area contributed by atoms with Crippen LogP contribution >= 0.6 is 15.9 Å². The summed E-state index contributed by atoms with van der Waals surface area (Å²) in [6.45, 7) is 0. The van der Waals surface area contributed by atoms with Crippen molar-refractivity contribution in [3.05, 3.63) is 52.5 Å². The SMILES string of the molecule is O=C(CCCc1ccccc1OC(F)(F)F)C1=NS(=O)(=O)c2cc(Br)ccc2N1. The highest BCUT2D eigenvalue weighted by Crippen LogP contribution is 2.31. The molecule has 0 unspecified atom stereocenters. The number of alkyl halides is 3. The molecule has 154 valence electrons. The van der Waals surface area contributed by atoms with Crippen LogP contribution in [0.15, 0.2) is 56.2 Å². The Morgan fingerprint density at radius 2 is 1.90 bits per heavy atom. The number of ether oxygens (including phenoxy) is 1. The van der Waals surface area contributed by atoms with Crippen molar-refractivity contribution in [3.8, 4) is 5.75 Å². The van der Waals surface area contributed by atoms with Crippen LogP contribution < -0.4 is 10.1 Å². The van der Waals surface area contributed by atoms with E-state index in [1.807, 2.05) is 0 Å². The topological polar surface area (TPSA) is 84.8 Å². The molecule has 11 heteroatoms. The van der Waals surface area contributed by atoms with Crippen molar-refractivity contribution < 1.29 is 31.1 Å². The van der Waals surface area contributed by atoms with Crippen molar-refractivity contribution in [2.75, 3.05) is 5.32 Å². The number of hydrogen-bond donors (Lipinski definition) is 1. The lowest BCUT2D eigenvalue weighted by atomic mass is 10.1. The van der Waals surface area contributed by atoms with Gasteiger partial charge in [0, 0.05) is 10.9 Å². The summed E-state index contributed by atoms with van der Waals surface area (Å²) in [5.41, 5.74) is 0.523. The van der Waals surface area contributed by atoms with Crippen LogP contribution in [-0.2, 0) is 21.2 Å². The quantitative estimate of drug-likeness (QED) is 0.646. The highest BCUT2D eigenvalue weighted by atomic mass is 79.9. The summed E-state index contributed by atoms with van der Waals surface area (Å²) >= 11 is 3.18. The highest BCUT2D eigenvalue weighted by Gasteiger charge is 2.32. The number of nitrogens with one attached hydrogen (secondary N) is 1. The molecule has 0 aliphatic carbocycles. The first kappa shape index (κ1) is 21.3. The number of carbonyl (C=O) groups excluding carboxylic acids is 1. The van der Waals surface area contributed by atoms with Crippen LogP contribution in [0.5, 0.6) is 5.75 Å². The number of Topliss-reactive ketones (excluding diaryl/α,β-unsaturated/α-hetero) is 1. The van der Waals surface area contributed by atoms with Crippen molar-refractivity contribution in [3.63, 3.8) is 0 Å². The molecule has 29 heavy (non-hydrogen) atoms. The number of halogens is 4. The van der Waals surface area contributed by atoms with Gasteiger partial charge in [-0.1, -0.05) is 34.1 Å². The van der Waals surface area contributed by atoms with Crippen LogP contribution in [0.4, 0.5) is 18.9 Å². The predicted molar refractivity (Wildman–Crippen MR) is 103 cm³/mol. The Balaban J connectivity index is 1.67. The molecule has 1 aliphatic rings. The Bertz CT molecular complexity index is 1080. The monoisotopic (exact) mass is 490 g/mol. The number of carbonyl (C=O) groups is 1. The fourth-order valence-electron chi connectivity index (χ4n) is 2.75. The smallest absolute Gasteiger partial charge is 0.406 e. The van der Waals surface area contributed by atoms with Gasteiger partial charge in [-0.2, -0.15) is 8.42 Å². The van der Waals surface area contributed by atoms with Crippen molar-refractivity contribution in [1.82, 2.24) is 0 Å². The van der Waals surface area contributed by atoms with Gasteiger partial charge in [0.15, 0.2) is 11.6 Å². The first-order valence-electron chi connectivity index (χ1n) is 8.33. The minimum atomic E-state index is -4.82. The van der Waals surface area contributed by atoms with E-state index in [-0.39, 0.29) is 41.4 Å². The summed E-state index contributed by atoms with van der Waals surface area (Å²) in [7, 11) is -4.03. The number of nitrogens with zero attached hydrogens (tertiary/aromatic N) is 1. The number of fused-ring (bicyclic) bond motifs is 1. The van der Waals surface area contributed by atoms with Crippen molar-refractivity contribution in [1.29, 1.82) is 0 Å². The predicted octanol–water partition coefficient (Wildman–Crippen LogP) is 4.45. The molecule has 0 radical (unpaired) electrons. The number of amidine groups is 1. The van der Waals surface area contributed by atoms with Gasteiger partial charge in [0.25, 0.3) is 10.0 Å². The van der Waals surface area contributed by atoms with Crippen molar-refractivity contribution >= 4 is 43.3 Å². The second kappa shape index (κ2) is 8.15. The summed E-state index contributed by atoms with van der Waals surface area (Å²) in [5, 5.41) is 2.70. The molecular formula is C18H14BrF3N2O4S. The van der Waals surface area contributed by atoms with Gasteiger partial charge in [-0.25, -0.2) is 0 Å². The van der Waals surface area contributed by atoms with E-state index in [0.29, 0.717) is 10.0 Å². The van der Waals surface area contributed by atoms with E-state index in [9.17, 15) is 26.4 Å². The molecule has 0 atom stereocenters. The van der Waals surface area contributed by atoms with E-state index in [1.165, 1.54) is 30.3 Å². The van der Waals surface area contributed by atoms with E-state index < -0.39 is 22.2 Å². The van der Waals surface area contributed by atoms with Crippen LogP contribution in [-0.4, -0.2) is 26.4 Å². The van der Waals surface area contributed by atoms with Crippen LogP contribution in [0, 0.1) is 0 Å². The molecule has 0 amide bonds. The largest absolute Gasteiger partial charge is 0.573 e. The maximum absolute atomic E-state index is 12.5. The van der Waals surface area contributed by atoms with E-state index >= 15 is 0 Å². The summed E-state index contributed by atoms with van der Waals surface area (Å²) in [4.78, 5) is 12.3. The Kier molecular flexibility index (Phi) is 5.99. The molecule has 2 aromatic carbocycles. The lowest BCUT2D eigenvalue weighted by Gasteiger charge is -2.17. The fraction of sp³-hybridized carbons (Fsp3) is 0.222. The zero-order valence-electron chi connectivity index (χ0n) is 14.7. The maximum atomic E-state index is 12.5. The van der Waals surface area contributed by atoms with Gasteiger partial charge in [0.2, 0.25) is 0 Å². The number of para-hydroxylation sites is 1. The van der Waals surface area contributed by atoms with Gasteiger partial charge in [-0.3, -0.25) is 4.79 Å². The lowest BCUT2D eigenvalue weighted by Crippen LogP contribution is -2.28. The lowest BCUT2D eigenvalue weighted by molar-refractivity contribution is -0.274. The van der Waals surface area contributed by atoms with Gasteiger partial charge in [0.1, 0.15) is 10.6 Å². The maximum Gasteiger partial charge on any atom is 0.573 e. The number of sulfonamides is 1. The van der Waals surface area contributed by atoms with E-state index in [2.05, 4.69) is 30.4 Å². The molecule has 0 aromatic heterocycles. The normalized spacial score (nSPS) is 15.1. The van der Waals surface area contributed by atoms with Gasteiger partial charge in [0.05, 0.1) is 5.69 Å². The molecular weight excluding hydrogens is 477 g/mol. The van der Waals surface area contributed by atoms with Crippen LogP contribution in [0.25, 0.3) is 0 Å². The molecule has 0 saturated heterocycles. The number of benzene rings is 2. The summed E-state index contributed by atoms with van der Waals surface area (Å²) in [6.07, 6.45) is -4.59. The average molecular weight is 491 g/mol. The number of aryl methyl sites for hydroxylation is 1. The average Bonchev–Trinajstić information content (AvgIpc) is 2.62. The number of rotatable bonds is 6. The first-order valence-corrected chi connectivity index (χ1v) is 10.6. The van der Waals surface area contributed by atoms with Gasteiger partial charge in [-0.15, -0.1) is 17.6 Å². The summed E-state index contributed by atoms with van der Waals surface area (Å²) in [5.74, 6) is -1.21. The van der Waals surface area contributed by atoms with Crippen molar-refractivity contribution in [2.24, 2.45) is 4.40 Å². The molecule has 0 bridgehead atoms. The molecule has 2 aromatic rings. The van der Waals surface area contributed by atoms with Gasteiger partial charge < -0.3 is 10.1 Å². The molecule has 1 N–H and O–H groups in total. The molecule has 0 spiro atoms. The minimum Gasteiger partial charge on any atom is -0.406 e. The molecule has 1 aliphatic heterocycles. The van der Waals surface area contributed by atoms with E-state index in [4.69, 9.17) is 0 Å². The molecule has 3 rings (SSSR count). The van der Waals surface area contributed by atoms with E-state index in [1.54, 1.807) is 12.1 Å². The second-order valence-corrected chi connectivity index (χ2v) is 8.60. The van der Waals surface area contributed by atoms with Crippen LogP contribution in [0.3, 0.4) is 0 Å². The third kappa shape index (κ3) is 5.36. The zero-order valence-corrected chi connectivity index (χ0v) is 17.1. The van der Waals surface area contributed by atoms with Crippen LogP contribution in [0.2, 0.25) is 0 Å².